The highest BCUT2D eigenvalue weighted by atomic mass is 16.5. The molecule has 1 aliphatic heterocycles. The number of carbonyl (C=O) groups excluding carboxylic acids is 3. The van der Waals surface area contributed by atoms with E-state index in [4.69, 9.17) is 10.5 Å². The van der Waals surface area contributed by atoms with Gasteiger partial charge in [0.1, 0.15) is 12.1 Å². The molecule has 1 aliphatic rings. The number of fused-ring (bicyclic) bond motifs is 5. The summed E-state index contributed by atoms with van der Waals surface area (Å²) in [7, 11) is 1.30. The van der Waals surface area contributed by atoms with Crippen molar-refractivity contribution in [1.82, 2.24) is 15.2 Å². The Bertz CT molecular complexity index is 997. The molecule has 0 spiro atoms. The Labute approximate surface area is 194 Å². The van der Waals surface area contributed by atoms with Crippen LogP contribution in [0.3, 0.4) is 0 Å². The quantitative estimate of drug-likeness (QED) is 0.364. The van der Waals surface area contributed by atoms with E-state index in [0.29, 0.717) is 45.2 Å². The third kappa shape index (κ3) is 6.68. The van der Waals surface area contributed by atoms with Crippen LogP contribution in [0, 0.1) is 0 Å². The number of hydrogen-bond acceptors (Lipinski definition) is 5. The molecule has 2 aromatic rings. The third-order valence-corrected chi connectivity index (χ3v) is 5.96. The number of esters is 1. The number of nitrogens with one attached hydrogen (secondary N) is 2. The van der Waals surface area contributed by atoms with Crippen LogP contribution in [-0.2, 0) is 32.1 Å². The SMILES string of the molecule is COC(=O)[C@H]1C/C=C/Cn2cc(c3ccccc32)CCCC(=O)N[C@H](CCCCN)C(=O)N1. The lowest BCUT2D eigenvalue weighted by molar-refractivity contribution is -0.145. The van der Waals surface area contributed by atoms with Crippen LogP contribution in [0.25, 0.3) is 10.9 Å². The molecule has 0 fully saturated rings. The lowest BCUT2D eigenvalue weighted by atomic mass is 10.1. The predicted octanol–water partition coefficient (Wildman–Crippen LogP) is 2.20. The number of unbranched alkanes of at least 4 members (excludes halogenated alkanes) is 1. The van der Waals surface area contributed by atoms with Gasteiger partial charge in [-0.3, -0.25) is 9.59 Å². The molecule has 8 heteroatoms. The standard InChI is InChI=1S/C25H34N4O4/c1-33-25(32)21-12-5-7-16-29-17-18(19-10-2-3-13-22(19)29)9-8-14-23(30)27-20(24(31)28-21)11-4-6-15-26/h2-3,5,7,10,13,17,20-21H,4,6,8-9,11-12,14-16,26H2,1H3,(H,27,30)(H,28,31)/b7-5+/t20-,21-/m1/s1. The predicted molar refractivity (Wildman–Crippen MR) is 127 cm³/mol. The van der Waals surface area contributed by atoms with Gasteiger partial charge < -0.3 is 25.7 Å². The zero-order valence-corrected chi connectivity index (χ0v) is 19.2. The summed E-state index contributed by atoms with van der Waals surface area (Å²) in [5, 5.41) is 6.80. The monoisotopic (exact) mass is 454 g/mol. The number of carbonyl (C=O) groups is 3. The summed E-state index contributed by atoms with van der Waals surface area (Å²) in [5.74, 6) is -1.07. The van der Waals surface area contributed by atoms with Crippen molar-refractivity contribution in [2.24, 2.45) is 5.73 Å². The van der Waals surface area contributed by atoms with Gasteiger partial charge in [0.15, 0.2) is 0 Å². The van der Waals surface area contributed by atoms with Crippen LogP contribution in [0.4, 0.5) is 0 Å². The van der Waals surface area contributed by atoms with Gasteiger partial charge in [-0.15, -0.1) is 0 Å². The number of rotatable bonds is 5. The van der Waals surface area contributed by atoms with Gasteiger partial charge in [-0.1, -0.05) is 30.4 Å². The summed E-state index contributed by atoms with van der Waals surface area (Å²) in [6.07, 6.45) is 10.0. The maximum Gasteiger partial charge on any atom is 0.328 e. The van der Waals surface area contributed by atoms with E-state index in [2.05, 4.69) is 33.5 Å². The number of ether oxygens (including phenoxy) is 1. The van der Waals surface area contributed by atoms with E-state index in [-0.39, 0.29) is 11.8 Å². The minimum atomic E-state index is -0.822. The van der Waals surface area contributed by atoms with Crippen LogP contribution in [-0.4, -0.2) is 48.1 Å². The number of para-hydroxylation sites is 1. The maximum absolute atomic E-state index is 12.9. The highest BCUT2D eigenvalue weighted by molar-refractivity contribution is 5.91. The number of benzene rings is 1. The molecule has 1 aromatic heterocycles. The Kier molecular flexibility index (Phi) is 9.06. The number of aryl methyl sites for hydroxylation is 1. The van der Waals surface area contributed by atoms with Crippen molar-refractivity contribution in [3.63, 3.8) is 0 Å². The molecule has 2 atom stereocenters. The molecule has 0 saturated carbocycles. The molecule has 0 saturated heterocycles. The van der Waals surface area contributed by atoms with Crippen molar-refractivity contribution in [3.8, 4) is 0 Å². The topological polar surface area (TPSA) is 115 Å². The first-order valence-corrected chi connectivity index (χ1v) is 11.6. The fraction of sp³-hybridized carbons (Fsp3) is 0.480. The zero-order valence-electron chi connectivity index (χ0n) is 19.2. The molecule has 178 valence electrons. The molecule has 2 bridgehead atoms. The normalized spacial score (nSPS) is 21.3. The molecule has 2 heterocycles. The minimum absolute atomic E-state index is 0.173. The second-order valence-corrected chi connectivity index (χ2v) is 8.37. The number of nitrogens with two attached hydrogens (primary N) is 1. The van der Waals surface area contributed by atoms with Gasteiger partial charge in [-0.25, -0.2) is 4.79 Å². The van der Waals surface area contributed by atoms with Crippen LogP contribution in [0.15, 0.2) is 42.6 Å². The van der Waals surface area contributed by atoms with Gasteiger partial charge in [-0.2, -0.15) is 0 Å². The molecular formula is C25H34N4O4. The van der Waals surface area contributed by atoms with Crippen LogP contribution < -0.4 is 16.4 Å². The van der Waals surface area contributed by atoms with Crippen molar-refractivity contribution in [1.29, 1.82) is 0 Å². The summed E-state index contributed by atoms with van der Waals surface area (Å²) in [5.41, 5.74) is 7.91. The highest BCUT2D eigenvalue weighted by Gasteiger charge is 2.26. The second kappa shape index (κ2) is 12.2. The first kappa shape index (κ1) is 24.5. The molecule has 2 amide bonds. The number of aromatic nitrogens is 1. The fourth-order valence-electron chi connectivity index (χ4n) is 4.19. The first-order chi connectivity index (χ1) is 16.0. The average molecular weight is 455 g/mol. The summed E-state index contributed by atoms with van der Waals surface area (Å²) in [4.78, 5) is 37.9. The molecule has 3 rings (SSSR count). The van der Waals surface area contributed by atoms with E-state index in [9.17, 15) is 14.4 Å². The van der Waals surface area contributed by atoms with Gasteiger partial charge in [0.05, 0.1) is 7.11 Å². The highest BCUT2D eigenvalue weighted by Crippen LogP contribution is 2.23. The lowest BCUT2D eigenvalue weighted by Crippen LogP contribution is -2.51. The molecule has 0 radical (unpaired) electrons. The van der Waals surface area contributed by atoms with Crippen molar-refractivity contribution in [3.05, 3.63) is 48.2 Å². The molecule has 4 N–H and O–H groups in total. The van der Waals surface area contributed by atoms with Crippen LogP contribution >= 0.6 is 0 Å². The van der Waals surface area contributed by atoms with Gasteiger partial charge in [0.2, 0.25) is 11.8 Å². The van der Waals surface area contributed by atoms with Crippen molar-refractivity contribution < 1.29 is 19.1 Å². The number of methoxy groups -OCH3 is 1. The van der Waals surface area contributed by atoms with E-state index in [1.165, 1.54) is 18.1 Å². The third-order valence-electron chi connectivity index (χ3n) is 5.96. The molecule has 8 nitrogen and oxygen atoms in total. The van der Waals surface area contributed by atoms with Crippen molar-refractivity contribution in [2.75, 3.05) is 13.7 Å². The second-order valence-electron chi connectivity index (χ2n) is 8.37. The molecular weight excluding hydrogens is 420 g/mol. The van der Waals surface area contributed by atoms with E-state index >= 15 is 0 Å². The first-order valence-electron chi connectivity index (χ1n) is 11.6. The van der Waals surface area contributed by atoms with Gasteiger partial charge >= 0.3 is 5.97 Å². The number of nitrogens with zero attached hydrogens (tertiary/aromatic N) is 1. The maximum atomic E-state index is 12.9. The fourth-order valence-corrected chi connectivity index (χ4v) is 4.19. The van der Waals surface area contributed by atoms with Crippen molar-refractivity contribution >= 4 is 28.7 Å². The summed E-state index contributed by atoms with van der Waals surface area (Å²) >= 11 is 0. The van der Waals surface area contributed by atoms with E-state index in [1.807, 2.05) is 24.3 Å². The summed E-state index contributed by atoms with van der Waals surface area (Å²) in [6, 6.07) is 6.67. The Hall–Kier alpha value is -3.13. The van der Waals surface area contributed by atoms with Gasteiger partial charge in [0.25, 0.3) is 0 Å². The van der Waals surface area contributed by atoms with Gasteiger partial charge in [-0.05, 0) is 56.7 Å². The van der Waals surface area contributed by atoms with E-state index < -0.39 is 18.1 Å². The van der Waals surface area contributed by atoms with Crippen LogP contribution in [0.1, 0.15) is 44.1 Å². The molecule has 1 aromatic carbocycles. The van der Waals surface area contributed by atoms with Gasteiger partial charge in [0, 0.05) is 30.1 Å². The lowest BCUT2D eigenvalue weighted by Gasteiger charge is -2.22. The average Bonchev–Trinajstić information content (AvgIpc) is 3.17. The minimum Gasteiger partial charge on any atom is -0.467 e. The Balaban J connectivity index is 1.85. The number of hydrogen-bond donors (Lipinski definition) is 3. The summed E-state index contributed by atoms with van der Waals surface area (Å²) < 4.78 is 7.04. The largest absolute Gasteiger partial charge is 0.467 e. The molecule has 0 aliphatic carbocycles. The number of amides is 2. The van der Waals surface area contributed by atoms with Crippen LogP contribution in [0.2, 0.25) is 0 Å². The van der Waals surface area contributed by atoms with Crippen molar-refractivity contribution in [2.45, 2.75) is 63.6 Å². The van der Waals surface area contributed by atoms with Crippen LogP contribution in [0.5, 0.6) is 0 Å². The van der Waals surface area contributed by atoms with E-state index in [0.717, 1.165) is 18.4 Å². The molecule has 0 unspecified atom stereocenters. The smallest absolute Gasteiger partial charge is 0.328 e. The Morgan fingerprint density at radius 3 is 2.76 bits per heavy atom. The molecule has 33 heavy (non-hydrogen) atoms. The zero-order chi connectivity index (χ0) is 23.6. The number of allylic oxidation sites excluding steroid dienone is 1. The summed E-state index contributed by atoms with van der Waals surface area (Å²) in [6.45, 7) is 1.16. The Morgan fingerprint density at radius 1 is 1.15 bits per heavy atom. The van der Waals surface area contributed by atoms with E-state index in [1.54, 1.807) is 0 Å². The Morgan fingerprint density at radius 2 is 1.97 bits per heavy atom.